The van der Waals surface area contributed by atoms with Crippen LogP contribution in [-0.2, 0) is 4.79 Å². The Kier molecular flexibility index (Phi) is 4.87. The van der Waals surface area contributed by atoms with Crippen molar-refractivity contribution < 1.29 is 4.79 Å². The van der Waals surface area contributed by atoms with Crippen LogP contribution in [0.1, 0.15) is 4.44 Å². The third-order valence-electron chi connectivity index (χ3n) is 5.58. The van der Waals surface area contributed by atoms with Gasteiger partial charge in [0.1, 0.15) is 0 Å². The number of amides is 1. The summed E-state index contributed by atoms with van der Waals surface area (Å²) in [5.74, 6) is 1.04. The van der Waals surface area contributed by atoms with Crippen LogP contribution >= 0.6 is 24.0 Å². The Morgan fingerprint density at radius 2 is 1.87 bits per heavy atom. The summed E-state index contributed by atoms with van der Waals surface area (Å²) < 4.78 is 3.02. The molecule has 0 atom stereocenters. The predicted octanol–water partition coefficient (Wildman–Crippen LogP) is 3.58. The van der Waals surface area contributed by atoms with Gasteiger partial charge in [0, 0.05) is 0 Å². The van der Waals surface area contributed by atoms with E-state index in [2.05, 4.69) is 60.5 Å². The van der Waals surface area contributed by atoms with Gasteiger partial charge in [-0.15, -0.1) is 0 Å². The van der Waals surface area contributed by atoms with Crippen LogP contribution < -0.4 is 15.3 Å². The fourth-order valence-corrected chi connectivity index (χ4v) is 10.2. The van der Waals surface area contributed by atoms with E-state index in [-0.39, 0.29) is 20.4 Å². The van der Waals surface area contributed by atoms with Crippen molar-refractivity contribution in [1.82, 2.24) is 9.88 Å². The molecule has 2 aromatic heterocycles. The Morgan fingerprint density at radius 1 is 1.10 bits per heavy atom. The summed E-state index contributed by atoms with van der Waals surface area (Å²) in [5, 5.41) is 2.79. The van der Waals surface area contributed by atoms with Crippen molar-refractivity contribution >= 4 is 89.3 Å². The van der Waals surface area contributed by atoms with Crippen molar-refractivity contribution in [3.63, 3.8) is 0 Å². The van der Waals surface area contributed by atoms with Crippen LogP contribution in [0.25, 0.3) is 6.08 Å². The predicted molar refractivity (Wildman–Crippen MR) is 134 cm³/mol. The van der Waals surface area contributed by atoms with E-state index in [1.165, 1.54) is 41.7 Å². The molecule has 1 aromatic carbocycles. The van der Waals surface area contributed by atoms with Crippen LogP contribution in [0.3, 0.4) is 0 Å². The second kappa shape index (κ2) is 7.32. The van der Waals surface area contributed by atoms with Gasteiger partial charge in [-0.25, -0.2) is 0 Å². The number of thiocarbonyl (C=S) groups is 1. The maximum absolute atomic E-state index is 12.4. The molecular formula is C22H19N3OS2SeSi. The number of nitrogens with zero attached hydrogens (tertiary/aromatic N) is 3. The molecular weight excluding hydrogens is 493 g/mol. The molecule has 0 radical (unpaired) electrons. The first kappa shape index (κ1) is 20.0. The number of rotatable bonds is 2. The van der Waals surface area contributed by atoms with Gasteiger partial charge in [0.05, 0.1) is 0 Å². The number of fused-ring (bicyclic) bond motifs is 2. The molecule has 3 aromatic rings. The Bertz CT molecular complexity index is 1190. The average molecular weight is 513 g/mol. The number of para-hydroxylation sites is 1. The van der Waals surface area contributed by atoms with E-state index in [1.54, 1.807) is 7.05 Å². The zero-order valence-electron chi connectivity index (χ0n) is 16.7. The second-order valence-electron chi connectivity index (χ2n) is 7.77. The van der Waals surface area contributed by atoms with Crippen LogP contribution in [0, 0.1) is 0 Å². The van der Waals surface area contributed by atoms with E-state index >= 15 is 0 Å². The van der Waals surface area contributed by atoms with Gasteiger partial charge >= 0.3 is 193 Å². The molecule has 30 heavy (non-hydrogen) atoms. The molecule has 0 spiro atoms. The zero-order chi connectivity index (χ0) is 21.0. The van der Waals surface area contributed by atoms with Crippen molar-refractivity contribution in [3.05, 3.63) is 64.1 Å². The number of hydrogen-bond donors (Lipinski definition) is 0. The van der Waals surface area contributed by atoms with Gasteiger partial charge in [-0.3, -0.25) is 0 Å². The molecule has 1 saturated heterocycles. The van der Waals surface area contributed by atoms with E-state index in [1.807, 2.05) is 18.3 Å². The topological polar surface area (TPSA) is 36.4 Å². The van der Waals surface area contributed by atoms with Gasteiger partial charge in [-0.2, -0.15) is 0 Å². The van der Waals surface area contributed by atoms with Crippen LogP contribution in [0.5, 0.6) is 0 Å². The third-order valence-corrected chi connectivity index (χ3v) is 12.7. The molecule has 2 aliphatic heterocycles. The number of hydrogen-bond acceptors (Lipinski definition) is 5. The molecule has 5 rings (SSSR count). The number of benzene rings is 1. The fourth-order valence-electron chi connectivity index (χ4n) is 3.96. The minimum atomic E-state index is -1.82. The molecule has 0 N–H and O–H groups in total. The average Bonchev–Trinajstić information content (AvgIpc) is 3.29. The van der Waals surface area contributed by atoms with Crippen LogP contribution in [0.15, 0.2) is 59.6 Å². The normalized spacial score (nSPS) is 18.7. The molecule has 0 saturated carbocycles. The monoisotopic (exact) mass is 513 g/mol. The molecule has 8 heteroatoms. The third kappa shape index (κ3) is 3.06. The van der Waals surface area contributed by atoms with E-state index in [9.17, 15) is 4.79 Å². The summed E-state index contributed by atoms with van der Waals surface area (Å²) in [7, 11) is -0.0854. The number of carbonyl (C=O) groups is 1. The molecule has 0 unspecified atom stereocenters. The summed E-state index contributed by atoms with van der Waals surface area (Å²) in [6, 6.07) is 17.3. The van der Waals surface area contributed by atoms with Crippen molar-refractivity contribution in [2.75, 3.05) is 11.9 Å². The summed E-state index contributed by atoms with van der Waals surface area (Å²) in [6.07, 6.45) is 3.88. The Labute approximate surface area is 192 Å². The van der Waals surface area contributed by atoms with Gasteiger partial charge < -0.3 is 0 Å². The first-order valence-electron chi connectivity index (χ1n) is 9.54. The second-order valence-corrected chi connectivity index (χ2v) is 16.1. The fraction of sp³-hybridized carbons (Fsp3) is 0.136. The van der Waals surface area contributed by atoms with Crippen LogP contribution in [-0.4, -0.2) is 49.7 Å². The molecule has 2 aliphatic rings. The Balaban J connectivity index is 1.61. The van der Waals surface area contributed by atoms with E-state index in [0.717, 1.165) is 5.82 Å². The van der Waals surface area contributed by atoms with Gasteiger partial charge in [0.15, 0.2) is 0 Å². The summed E-state index contributed by atoms with van der Waals surface area (Å²) in [6.45, 7) is 4.79. The maximum atomic E-state index is 12.4. The number of thioether (sulfide) groups is 1. The van der Waals surface area contributed by atoms with E-state index in [4.69, 9.17) is 17.2 Å². The summed E-state index contributed by atoms with van der Waals surface area (Å²) in [4.78, 5) is 21.8. The summed E-state index contributed by atoms with van der Waals surface area (Å²) in [5.41, 5.74) is 1.24. The van der Waals surface area contributed by atoms with Gasteiger partial charge in [-0.1, -0.05) is 0 Å². The Hall–Kier alpha value is -1.96. The van der Waals surface area contributed by atoms with E-state index < -0.39 is 8.07 Å². The molecule has 150 valence electrons. The number of carbonyl (C=O) groups excluding carboxylic acids is 1. The molecule has 4 heterocycles. The van der Waals surface area contributed by atoms with Crippen molar-refractivity contribution in [3.8, 4) is 0 Å². The zero-order valence-corrected chi connectivity index (χ0v) is 21.1. The van der Waals surface area contributed by atoms with Gasteiger partial charge in [0.25, 0.3) is 0 Å². The standard InChI is InChI=1S/C22H19N3OS2SeSi/c1-24-21(26)16(28-22(24)27)13-14-10-11-19(29-14)25-15-7-4-5-8-17(15)30(2,3)18-9-6-12-23-20(18)25/h4-13H,1-3H3/b16-13+. The quantitative estimate of drug-likeness (QED) is 0.298. The van der Waals surface area contributed by atoms with Crippen LogP contribution in [0.4, 0.5) is 16.1 Å². The van der Waals surface area contributed by atoms with Gasteiger partial charge in [0.2, 0.25) is 0 Å². The first-order chi connectivity index (χ1) is 14.4. The number of aromatic nitrogens is 1. The molecule has 1 amide bonds. The Morgan fingerprint density at radius 3 is 2.63 bits per heavy atom. The first-order valence-corrected chi connectivity index (χ1v) is 15.5. The number of likely N-dealkylation sites (N-methyl/N-ethyl adjacent to an activating group) is 1. The summed E-state index contributed by atoms with van der Waals surface area (Å²) >= 11 is 6.71. The molecule has 1 fully saturated rings. The van der Waals surface area contributed by atoms with E-state index in [0.29, 0.717) is 9.23 Å². The number of anilines is 3. The van der Waals surface area contributed by atoms with Crippen molar-refractivity contribution in [2.24, 2.45) is 0 Å². The van der Waals surface area contributed by atoms with Crippen LogP contribution in [0.2, 0.25) is 13.1 Å². The van der Waals surface area contributed by atoms with Crippen molar-refractivity contribution in [1.29, 1.82) is 0 Å². The molecule has 0 aliphatic carbocycles. The van der Waals surface area contributed by atoms with Crippen molar-refractivity contribution in [2.45, 2.75) is 13.1 Å². The SMILES string of the molecule is CN1C(=O)/C(=C\c2ccc(N3c4ccccc4[Si](C)(C)c4cccnc43)[se]2)SC1=S. The minimum absolute atomic E-state index is 0.0155. The number of pyridine rings is 1. The van der Waals surface area contributed by atoms with Gasteiger partial charge in [-0.05, 0) is 0 Å². The molecule has 4 nitrogen and oxygen atoms in total. The molecule has 0 bridgehead atoms.